The van der Waals surface area contributed by atoms with E-state index in [-0.39, 0.29) is 5.78 Å². The molecule has 0 bridgehead atoms. The number of carbonyl (C=O) groups excluding carboxylic acids is 1. The largest absolute Gasteiger partial charge is 0.296 e. The van der Waals surface area contributed by atoms with Crippen molar-refractivity contribution in [3.63, 3.8) is 0 Å². The van der Waals surface area contributed by atoms with Crippen LogP contribution in [-0.4, -0.2) is 30.3 Å². The van der Waals surface area contributed by atoms with Gasteiger partial charge in [-0.15, -0.1) is 0 Å². The third-order valence-corrected chi connectivity index (χ3v) is 3.93. The second-order valence-corrected chi connectivity index (χ2v) is 5.97. The van der Waals surface area contributed by atoms with Crippen LogP contribution in [0.1, 0.15) is 55.5 Å². The van der Waals surface area contributed by atoms with E-state index in [1.54, 1.807) is 0 Å². The van der Waals surface area contributed by atoms with E-state index < -0.39 is 0 Å². The van der Waals surface area contributed by atoms with Crippen LogP contribution in [0.3, 0.4) is 0 Å². The van der Waals surface area contributed by atoms with Gasteiger partial charge in [0.2, 0.25) is 0 Å². The van der Waals surface area contributed by atoms with Crippen molar-refractivity contribution in [2.24, 2.45) is 5.92 Å². The lowest BCUT2D eigenvalue weighted by molar-refractivity contribution is 0.0931. The Balaban J connectivity index is 1.93. The molecule has 0 unspecified atom stereocenters. The third kappa shape index (κ3) is 4.17. The quantitative estimate of drug-likeness (QED) is 0.695. The number of nitrogens with zero attached hydrogens (tertiary/aromatic N) is 1. The van der Waals surface area contributed by atoms with Gasteiger partial charge in [-0.05, 0) is 36.8 Å². The first-order chi connectivity index (χ1) is 9.10. The maximum absolute atomic E-state index is 12.3. The topological polar surface area (TPSA) is 20.3 Å². The molecule has 2 rings (SSSR count). The average molecular weight is 259 g/mol. The fourth-order valence-corrected chi connectivity index (χ4v) is 2.32. The molecule has 1 aromatic rings. The fraction of sp³-hybridized carbons (Fsp3) is 0.588. The van der Waals surface area contributed by atoms with E-state index in [1.165, 1.54) is 18.4 Å². The van der Waals surface area contributed by atoms with E-state index in [9.17, 15) is 4.79 Å². The summed E-state index contributed by atoms with van der Waals surface area (Å²) in [6, 6.07) is 8.11. The molecule has 0 heterocycles. The van der Waals surface area contributed by atoms with Crippen molar-refractivity contribution in [1.82, 2.24) is 4.90 Å². The van der Waals surface area contributed by atoms with Crippen LogP contribution < -0.4 is 0 Å². The van der Waals surface area contributed by atoms with Crippen LogP contribution in [0.25, 0.3) is 0 Å². The summed E-state index contributed by atoms with van der Waals surface area (Å²) in [6.07, 6.45) is 2.68. The summed E-state index contributed by atoms with van der Waals surface area (Å²) in [4.78, 5) is 14.5. The van der Waals surface area contributed by atoms with Gasteiger partial charge >= 0.3 is 0 Å². The highest BCUT2D eigenvalue weighted by atomic mass is 16.1. The molecular formula is C17H25NO. The molecule has 2 heteroatoms. The molecule has 2 nitrogen and oxygen atoms in total. The van der Waals surface area contributed by atoms with Crippen LogP contribution in [0, 0.1) is 5.92 Å². The van der Waals surface area contributed by atoms with Crippen LogP contribution in [0.4, 0.5) is 0 Å². The molecule has 0 atom stereocenters. The predicted octanol–water partition coefficient (Wildman–Crippen LogP) is 3.72. The number of ketones is 1. The third-order valence-electron chi connectivity index (χ3n) is 3.93. The SMILES string of the molecule is CCN(CC(=O)c1ccc(C(C)C)cc1)CC1CC1. The number of likely N-dealkylation sites (N-methyl/N-ethyl adjacent to an activating group) is 1. The minimum atomic E-state index is 0.248. The van der Waals surface area contributed by atoms with Crippen molar-refractivity contribution in [2.75, 3.05) is 19.6 Å². The molecule has 104 valence electrons. The van der Waals surface area contributed by atoms with Crippen molar-refractivity contribution in [1.29, 1.82) is 0 Å². The monoisotopic (exact) mass is 259 g/mol. The van der Waals surface area contributed by atoms with Gasteiger partial charge in [0, 0.05) is 12.1 Å². The molecule has 0 radical (unpaired) electrons. The number of carbonyl (C=O) groups is 1. The zero-order valence-corrected chi connectivity index (χ0v) is 12.4. The van der Waals surface area contributed by atoms with Crippen LogP contribution in [-0.2, 0) is 0 Å². The second-order valence-electron chi connectivity index (χ2n) is 5.97. The van der Waals surface area contributed by atoms with Gasteiger partial charge in [-0.1, -0.05) is 45.0 Å². The average Bonchev–Trinajstić information content (AvgIpc) is 3.22. The Kier molecular flexibility index (Phi) is 4.76. The Hall–Kier alpha value is -1.15. The molecule has 1 aromatic carbocycles. The minimum absolute atomic E-state index is 0.248. The van der Waals surface area contributed by atoms with Gasteiger partial charge in [-0.3, -0.25) is 9.69 Å². The van der Waals surface area contributed by atoms with E-state index in [1.807, 2.05) is 12.1 Å². The van der Waals surface area contributed by atoms with E-state index in [0.29, 0.717) is 12.5 Å². The van der Waals surface area contributed by atoms with E-state index >= 15 is 0 Å². The number of hydrogen-bond acceptors (Lipinski definition) is 2. The summed E-state index contributed by atoms with van der Waals surface area (Å²) in [5.41, 5.74) is 2.14. The number of Topliss-reactive ketones (excluding diaryl/α,β-unsaturated/α-hetero) is 1. The summed E-state index contributed by atoms with van der Waals surface area (Å²) < 4.78 is 0. The maximum atomic E-state index is 12.3. The van der Waals surface area contributed by atoms with Crippen molar-refractivity contribution in [3.05, 3.63) is 35.4 Å². The number of hydrogen-bond donors (Lipinski definition) is 0. The fourth-order valence-electron chi connectivity index (χ4n) is 2.32. The normalized spacial score (nSPS) is 15.2. The van der Waals surface area contributed by atoms with Crippen molar-refractivity contribution in [2.45, 2.75) is 39.5 Å². The number of benzene rings is 1. The zero-order valence-electron chi connectivity index (χ0n) is 12.4. The summed E-state index contributed by atoms with van der Waals surface area (Å²) in [7, 11) is 0. The molecule has 1 saturated carbocycles. The van der Waals surface area contributed by atoms with E-state index in [2.05, 4.69) is 37.8 Å². The molecule has 0 amide bonds. The van der Waals surface area contributed by atoms with Gasteiger partial charge in [0.1, 0.15) is 0 Å². The first-order valence-electron chi connectivity index (χ1n) is 7.45. The Morgan fingerprint density at radius 2 is 1.89 bits per heavy atom. The van der Waals surface area contributed by atoms with Gasteiger partial charge in [0.05, 0.1) is 6.54 Å². The van der Waals surface area contributed by atoms with Gasteiger partial charge in [-0.2, -0.15) is 0 Å². The molecule has 1 fully saturated rings. The zero-order chi connectivity index (χ0) is 13.8. The molecule has 1 aliphatic carbocycles. The lowest BCUT2D eigenvalue weighted by Gasteiger charge is -2.19. The van der Waals surface area contributed by atoms with Gasteiger partial charge in [0.15, 0.2) is 5.78 Å². The summed E-state index contributed by atoms with van der Waals surface area (Å²) in [5.74, 6) is 1.61. The molecule has 1 aliphatic rings. The van der Waals surface area contributed by atoms with E-state index in [4.69, 9.17) is 0 Å². The molecule has 0 aromatic heterocycles. The molecule has 0 spiro atoms. The van der Waals surface area contributed by atoms with Gasteiger partial charge in [0.25, 0.3) is 0 Å². The van der Waals surface area contributed by atoms with Gasteiger partial charge in [-0.25, -0.2) is 0 Å². The number of rotatable bonds is 7. The maximum Gasteiger partial charge on any atom is 0.176 e. The lowest BCUT2D eigenvalue weighted by atomic mass is 10.0. The highest BCUT2D eigenvalue weighted by Gasteiger charge is 2.24. The van der Waals surface area contributed by atoms with Crippen LogP contribution >= 0.6 is 0 Å². The summed E-state index contributed by atoms with van der Waals surface area (Å²) >= 11 is 0. The van der Waals surface area contributed by atoms with Crippen molar-refractivity contribution in [3.8, 4) is 0 Å². The summed E-state index contributed by atoms with van der Waals surface area (Å²) in [5, 5.41) is 0. The van der Waals surface area contributed by atoms with Gasteiger partial charge < -0.3 is 0 Å². The summed E-state index contributed by atoms with van der Waals surface area (Å²) in [6.45, 7) is 9.10. The van der Waals surface area contributed by atoms with Crippen LogP contribution in [0.5, 0.6) is 0 Å². The Morgan fingerprint density at radius 1 is 1.26 bits per heavy atom. The van der Waals surface area contributed by atoms with Crippen molar-refractivity contribution >= 4 is 5.78 Å². The van der Waals surface area contributed by atoms with Crippen LogP contribution in [0.15, 0.2) is 24.3 Å². The highest BCUT2D eigenvalue weighted by Crippen LogP contribution is 2.29. The minimum Gasteiger partial charge on any atom is -0.296 e. The van der Waals surface area contributed by atoms with E-state index in [0.717, 1.165) is 24.6 Å². The Bertz CT molecular complexity index is 417. The van der Waals surface area contributed by atoms with Crippen molar-refractivity contribution < 1.29 is 4.79 Å². The predicted molar refractivity (Wildman–Crippen MR) is 79.7 cm³/mol. The first kappa shape index (κ1) is 14.3. The molecule has 19 heavy (non-hydrogen) atoms. The highest BCUT2D eigenvalue weighted by molar-refractivity contribution is 5.97. The molecular weight excluding hydrogens is 234 g/mol. The molecule has 0 N–H and O–H groups in total. The second kappa shape index (κ2) is 6.33. The Morgan fingerprint density at radius 3 is 2.37 bits per heavy atom. The van der Waals surface area contributed by atoms with Crippen LogP contribution in [0.2, 0.25) is 0 Å². The smallest absolute Gasteiger partial charge is 0.176 e. The lowest BCUT2D eigenvalue weighted by Crippen LogP contribution is -2.31. The molecule has 0 aliphatic heterocycles. The Labute approximate surface area is 116 Å². The molecule has 0 saturated heterocycles. The standard InChI is InChI=1S/C17H25NO/c1-4-18(11-14-5-6-14)12-17(19)16-9-7-15(8-10-16)13(2)3/h7-10,13-14H,4-6,11-12H2,1-3H3. The first-order valence-corrected chi connectivity index (χ1v) is 7.45.